The number of aromatic nitrogens is 4. The van der Waals surface area contributed by atoms with Crippen molar-refractivity contribution >= 4 is 28.2 Å². The van der Waals surface area contributed by atoms with Crippen LogP contribution in [0.1, 0.15) is 10.4 Å². The number of carbonyl (C=O) groups is 1. The summed E-state index contributed by atoms with van der Waals surface area (Å²) in [5.74, 6) is -1.09. The van der Waals surface area contributed by atoms with Gasteiger partial charge in [-0.15, -0.1) is 0 Å². The quantitative estimate of drug-likeness (QED) is 0.625. The second kappa shape index (κ2) is 4.23. The Morgan fingerprint density at radius 1 is 1.10 bits per heavy atom. The molecule has 0 bridgehead atoms. The van der Waals surface area contributed by atoms with Crippen molar-refractivity contribution in [2.24, 2.45) is 14.1 Å². The van der Waals surface area contributed by atoms with Crippen LogP contribution in [0.25, 0.3) is 22.2 Å². The molecule has 0 fully saturated rings. The van der Waals surface area contributed by atoms with Gasteiger partial charge in [-0.2, -0.15) is 0 Å². The maximum absolute atomic E-state index is 12.1. The van der Waals surface area contributed by atoms with Crippen molar-refractivity contribution in [2.75, 3.05) is 0 Å². The fourth-order valence-electron chi connectivity index (χ4n) is 2.12. The number of hydrogen-bond acceptors (Lipinski definition) is 5. The average molecular weight is 286 g/mol. The highest BCUT2D eigenvalue weighted by molar-refractivity contribution is 5.93. The Balaban J connectivity index is 2.52. The molecule has 0 amide bonds. The lowest BCUT2D eigenvalue weighted by molar-refractivity contribution is 0.0697. The minimum atomic E-state index is -1.09. The molecule has 0 saturated carbocycles. The molecule has 0 spiro atoms. The molecule has 0 saturated heterocycles. The molecular formula is C13H10N4O4. The Hall–Kier alpha value is -3.03. The maximum Gasteiger partial charge on any atom is 0.335 e. The number of aromatic carboxylic acids is 1. The molecule has 8 nitrogen and oxygen atoms in total. The summed E-state index contributed by atoms with van der Waals surface area (Å²) in [6.07, 6.45) is 0. The number of benzene rings is 1. The van der Waals surface area contributed by atoms with Crippen LogP contribution in [-0.4, -0.2) is 30.2 Å². The van der Waals surface area contributed by atoms with Crippen LogP contribution in [0.15, 0.2) is 27.8 Å². The average Bonchev–Trinajstić information content (AvgIpc) is 2.48. The van der Waals surface area contributed by atoms with Gasteiger partial charge in [-0.1, -0.05) is 0 Å². The van der Waals surface area contributed by atoms with Crippen LogP contribution < -0.4 is 11.2 Å². The molecule has 3 aromatic rings. The van der Waals surface area contributed by atoms with E-state index in [9.17, 15) is 14.4 Å². The minimum absolute atomic E-state index is 0.0602. The second-order valence-corrected chi connectivity index (χ2v) is 4.61. The van der Waals surface area contributed by atoms with Crippen molar-refractivity contribution in [3.05, 3.63) is 44.6 Å². The van der Waals surface area contributed by atoms with Crippen LogP contribution in [-0.2, 0) is 14.1 Å². The standard InChI is InChI=1S/C13H10N4O4/c1-16-10-9(11(18)17(2)13(16)21)14-7-4-3-6(12(19)20)5-8(7)15-10/h3-5H,1-2H3,(H,19,20). The Labute approximate surface area is 116 Å². The number of nitrogens with zero attached hydrogens (tertiary/aromatic N) is 4. The highest BCUT2D eigenvalue weighted by atomic mass is 16.4. The zero-order valence-electron chi connectivity index (χ0n) is 11.2. The zero-order chi connectivity index (χ0) is 15.3. The molecule has 0 unspecified atom stereocenters. The largest absolute Gasteiger partial charge is 0.478 e. The molecule has 21 heavy (non-hydrogen) atoms. The first kappa shape index (κ1) is 13.0. The predicted molar refractivity (Wildman–Crippen MR) is 74.5 cm³/mol. The fraction of sp³-hybridized carbons (Fsp3) is 0.154. The molecule has 0 aliphatic rings. The summed E-state index contributed by atoms with van der Waals surface area (Å²) in [5, 5.41) is 8.98. The van der Waals surface area contributed by atoms with Gasteiger partial charge >= 0.3 is 11.7 Å². The molecule has 0 aliphatic heterocycles. The summed E-state index contributed by atoms with van der Waals surface area (Å²) in [6, 6.07) is 4.22. The molecule has 2 aromatic heterocycles. The summed E-state index contributed by atoms with van der Waals surface area (Å²) in [5.41, 5.74) is -0.104. The zero-order valence-corrected chi connectivity index (χ0v) is 11.2. The van der Waals surface area contributed by atoms with Crippen LogP contribution in [0.3, 0.4) is 0 Å². The number of rotatable bonds is 1. The topological polar surface area (TPSA) is 107 Å². The molecule has 1 aromatic carbocycles. The van der Waals surface area contributed by atoms with Gasteiger partial charge < -0.3 is 5.11 Å². The lowest BCUT2D eigenvalue weighted by atomic mass is 10.2. The van der Waals surface area contributed by atoms with E-state index in [1.807, 2.05) is 0 Å². The van der Waals surface area contributed by atoms with Gasteiger partial charge in [-0.05, 0) is 18.2 Å². The number of carboxylic acid groups (broad SMARTS) is 1. The van der Waals surface area contributed by atoms with Gasteiger partial charge in [0.25, 0.3) is 5.56 Å². The number of carboxylic acids is 1. The lowest BCUT2D eigenvalue weighted by Crippen LogP contribution is -2.37. The van der Waals surface area contributed by atoms with E-state index >= 15 is 0 Å². The first-order chi connectivity index (χ1) is 9.90. The fourth-order valence-corrected chi connectivity index (χ4v) is 2.12. The number of aryl methyl sites for hydroxylation is 1. The van der Waals surface area contributed by atoms with Crippen LogP contribution in [0, 0.1) is 0 Å². The van der Waals surface area contributed by atoms with Gasteiger partial charge in [-0.25, -0.2) is 19.6 Å². The molecule has 1 N–H and O–H groups in total. The van der Waals surface area contributed by atoms with E-state index in [-0.39, 0.29) is 16.7 Å². The van der Waals surface area contributed by atoms with E-state index in [4.69, 9.17) is 5.11 Å². The molecule has 0 radical (unpaired) electrons. The number of hydrogen-bond donors (Lipinski definition) is 1. The van der Waals surface area contributed by atoms with E-state index in [0.717, 1.165) is 4.57 Å². The van der Waals surface area contributed by atoms with E-state index in [1.165, 1.54) is 36.9 Å². The first-order valence-corrected chi connectivity index (χ1v) is 6.01. The summed E-state index contributed by atoms with van der Waals surface area (Å²) in [7, 11) is 2.84. The van der Waals surface area contributed by atoms with Crippen LogP contribution in [0.4, 0.5) is 0 Å². The van der Waals surface area contributed by atoms with Crippen molar-refractivity contribution in [1.82, 2.24) is 19.1 Å². The van der Waals surface area contributed by atoms with Crippen molar-refractivity contribution < 1.29 is 9.90 Å². The van der Waals surface area contributed by atoms with Crippen molar-refractivity contribution in [3.8, 4) is 0 Å². The Morgan fingerprint density at radius 2 is 1.81 bits per heavy atom. The van der Waals surface area contributed by atoms with Gasteiger partial charge in [0, 0.05) is 14.1 Å². The molecule has 3 rings (SSSR count). The van der Waals surface area contributed by atoms with E-state index < -0.39 is 17.2 Å². The van der Waals surface area contributed by atoms with Gasteiger partial charge in [0.05, 0.1) is 16.6 Å². The predicted octanol–water partition coefficient (Wildman–Crippen LogP) is -0.121. The maximum atomic E-state index is 12.1. The SMILES string of the molecule is Cn1c(=O)c2nc3ccc(C(=O)O)cc3nc2n(C)c1=O. The summed E-state index contributed by atoms with van der Waals surface area (Å²) >= 11 is 0. The number of fused-ring (bicyclic) bond motifs is 2. The summed E-state index contributed by atoms with van der Waals surface area (Å²) < 4.78 is 2.16. The Kier molecular flexibility index (Phi) is 2.62. The lowest BCUT2D eigenvalue weighted by Gasteiger charge is -2.07. The van der Waals surface area contributed by atoms with Gasteiger partial charge in [0.2, 0.25) is 0 Å². The second-order valence-electron chi connectivity index (χ2n) is 4.61. The summed E-state index contributed by atoms with van der Waals surface area (Å²) in [6.45, 7) is 0. The molecule has 8 heteroatoms. The van der Waals surface area contributed by atoms with Crippen molar-refractivity contribution in [3.63, 3.8) is 0 Å². The van der Waals surface area contributed by atoms with Gasteiger partial charge in [0.15, 0.2) is 11.2 Å². The smallest absolute Gasteiger partial charge is 0.335 e. The van der Waals surface area contributed by atoms with Crippen LogP contribution >= 0.6 is 0 Å². The van der Waals surface area contributed by atoms with E-state index in [1.54, 1.807) is 0 Å². The Bertz CT molecular complexity index is 1030. The molecule has 2 heterocycles. The van der Waals surface area contributed by atoms with Gasteiger partial charge in [0.1, 0.15) is 0 Å². The third-order valence-corrected chi connectivity index (χ3v) is 3.29. The monoisotopic (exact) mass is 286 g/mol. The molecule has 0 atom stereocenters. The van der Waals surface area contributed by atoms with E-state index in [0.29, 0.717) is 11.0 Å². The summed E-state index contributed by atoms with van der Waals surface area (Å²) in [4.78, 5) is 43.3. The van der Waals surface area contributed by atoms with E-state index in [2.05, 4.69) is 9.97 Å². The molecule has 0 aliphatic carbocycles. The molecule has 106 valence electrons. The molecular weight excluding hydrogens is 276 g/mol. The van der Waals surface area contributed by atoms with Crippen LogP contribution in [0.2, 0.25) is 0 Å². The third-order valence-electron chi connectivity index (χ3n) is 3.29. The van der Waals surface area contributed by atoms with Crippen molar-refractivity contribution in [2.45, 2.75) is 0 Å². The van der Waals surface area contributed by atoms with Gasteiger partial charge in [-0.3, -0.25) is 13.9 Å². The Morgan fingerprint density at radius 3 is 2.48 bits per heavy atom. The van der Waals surface area contributed by atoms with Crippen molar-refractivity contribution in [1.29, 1.82) is 0 Å². The normalized spacial score (nSPS) is 11.1. The van der Waals surface area contributed by atoms with Crippen LogP contribution in [0.5, 0.6) is 0 Å². The highest BCUT2D eigenvalue weighted by Gasteiger charge is 2.13. The highest BCUT2D eigenvalue weighted by Crippen LogP contribution is 2.14. The minimum Gasteiger partial charge on any atom is -0.478 e. The third kappa shape index (κ3) is 1.80. The first-order valence-electron chi connectivity index (χ1n) is 6.01.